The maximum absolute atomic E-state index is 14.1. The number of hydrogen-bond acceptors (Lipinski definition) is 2. The number of hydrogen-bond donors (Lipinski definition) is 0. The molecule has 0 aliphatic heterocycles. The van der Waals surface area contributed by atoms with Crippen LogP contribution in [0.25, 0.3) is 0 Å². The number of benzene rings is 1. The Kier molecular flexibility index (Phi) is 4.45. The molecule has 0 bridgehead atoms. The summed E-state index contributed by atoms with van der Waals surface area (Å²) in [6.45, 7) is 1.80. The fourth-order valence-corrected chi connectivity index (χ4v) is 4.54. The molecular formula is C19H27FN2O. The maximum Gasteiger partial charge on any atom is 0.257 e. The van der Waals surface area contributed by atoms with Crippen molar-refractivity contribution in [1.82, 2.24) is 9.80 Å². The quantitative estimate of drug-likeness (QED) is 0.853. The third-order valence-corrected chi connectivity index (χ3v) is 6.00. The van der Waals surface area contributed by atoms with E-state index >= 15 is 0 Å². The highest BCUT2D eigenvalue weighted by Gasteiger charge is 2.44. The summed E-state index contributed by atoms with van der Waals surface area (Å²) in [7, 11) is 6.14. The lowest BCUT2D eigenvalue weighted by molar-refractivity contribution is 0.0720. The highest BCUT2D eigenvalue weighted by atomic mass is 19.1. The molecule has 0 heterocycles. The standard InChI is InChI=1S/C19H27FN2O/c1-12-6-5-7-17(20)18(12)19(23)22(4)16-10-13-8-15(21(2)3)9-14(13)11-16/h5-7,13-16H,8-11H2,1-4H3/t13-,14+,15?,16?. The van der Waals surface area contributed by atoms with Crippen LogP contribution in [0.4, 0.5) is 4.39 Å². The lowest BCUT2D eigenvalue weighted by Gasteiger charge is -2.27. The van der Waals surface area contributed by atoms with Crippen molar-refractivity contribution in [1.29, 1.82) is 0 Å². The van der Waals surface area contributed by atoms with E-state index in [1.165, 1.54) is 18.9 Å². The average Bonchev–Trinajstić information content (AvgIpc) is 3.04. The molecule has 126 valence electrons. The first kappa shape index (κ1) is 16.4. The predicted molar refractivity (Wildman–Crippen MR) is 89.9 cm³/mol. The minimum Gasteiger partial charge on any atom is -0.339 e. The molecule has 0 spiro atoms. The van der Waals surface area contributed by atoms with Gasteiger partial charge in [-0.1, -0.05) is 12.1 Å². The molecule has 2 aliphatic rings. The lowest BCUT2D eigenvalue weighted by Crippen LogP contribution is -2.37. The fourth-order valence-electron chi connectivity index (χ4n) is 4.54. The molecule has 0 saturated heterocycles. The van der Waals surface area contributed by atoms with Crippen LogP contribution >= 0.6 is 0 Å². The third-order valence-electron chi connectivity index (χ3n) is 6.00. The Hall–Kier alpha value is -1.42. The van der Waals surface area contributed by atoms with Gasteiger partial charge in [0.15, 0.2) is 0 Å². The molecule has 0 N–H and O–H groups in total. The van der Waals surface area contributed by atoms with Gasteiger partial charge in [0.2, 0.25) is 0 Å². The van der Waals surface area contributed by atoms with Crippen molar-refractivity contribution in [3.8, 4) is 0 Å². The molecular weight excluding hydrogens is 291 g/mol. The van der Waals surface area contributed by atoms with Gasteiger partial charge in [0, 0.05) is 19.1 Å². The van der Waals surface area contributed by atoms with Crippen LogP contribution in [0.1, 0.15) is 41.6 Å². The summed E-state index contributed by atoms with van der Waals surface area (Å²) in [6.07, 6.45) is 4.58. The van der Waals surface area contributed by atoms with Crippen molar-refractivity contribution in [2.45, 2.75) is 44.7 Å². The number of carbonyl (C=O) groups excluding carboxylic acids is 1. The summed E-state index contributed by atoms with van der Waals surface area (Å²) < 4.78 is 14.1. The van der Waals surface area contributed by atoms with Crippen LogP contribution < -0.4 is 0 Å². The van der Waals surface area contributed by atoms with Crippen molar-refractivity contribution in [3.05, 3.63) is 35.1 Å². The number of amides is 1. The SMILES string of the molecule is Cc1cccc(F)c1C(=O)N(C)C1C[C@H]2CC(N(C)C)C[C@H]2C1. The van der Waals surface area contributed by atoms with Crippen LogP contribution in [0, 0.1) is 24.6 Å². The van der Waals surface area contributed by atoms with Crippen molar-refractivity contribution in [2.75, 3.05) is 21.1 Å². The van der Waals surface area contributed by atoms with Crippen LogP contribution in [-0.4, -0.2) is 48.9 Å². The fraction of sp³-hybridized carbons (Fsp3) is 0.632. The average molecular weight is 318 g/mol. The first-order chi connectivity index (χ1) is 10.9. The molecule has 4 heteroatoms. The first-order valence-corrected chi connectivity index (χ1v) is 8.57. The molecule has 0 aromatic heterocycles. The van der Waals surface area contributed by atoms with E-state index in [4.69, 9.17) is 0 Å². The third kappa shape index (κ3) is 3.01. The van der Waals surface area contributed by atoms with Gasteiger partial charge in [-0.25, -0.2) is 4.39 Å². The van der Waals surface area contributed by atoms with Crippen LogP contribution in [0.5, 0.6) is 0 Å². The van der Waals surface area contributed by atoms with Crippen molar-refractivity contribution in [2.24, 2.45) is 11.8 Å². The molecule has 1 aromatic rings. The number of halogens is 1. The second kappa shape index (κ2) is 6.23. The monoisotopic (exact) mass is 318 g/mol. The van der Waals surface area contributed by atoms with Gasteiger partial charge in [0.05, 0.1) is 5.56 Å². The van der Waals surface area contributed by atoms with E-state index in [9.17, 15) is 9.18 Å². The molecule has 2 saturated carbocycles. The van der Waals surface area contributed by atoms with Gasteiger partial charge in [-0.2, -0.15) is 0 Å². The van der Waals surface area contributed by atoms with E-state index in [2.05, 4.69) is 19.0 Å². The summed E-state index contributed by atoms with van der Waals surface area (Å²) in [5, 5.41) is 0. The first-order valence-electron chi connectivity index (χ1n) is 8.57. The maximum atomic E-state index is 14.1. The van der Waals surface area contributed by atoms with Crippen LogP contribution in [0.3, 0.4) is 0 Å². The van der Waals surface area contributed by atoms with Gasteiger partial charge in [0.25, 0.3) is 5.91 Å². The summed E-state index contributed by atoms with van der Waals surface area (Å²) in [4.78, 5) is 16.9. The zero-order valence-corrected chi connectivity index (χ0v) is 14.6. The number of fused-ring (bicyclic) bond motifs is 1. The molecule has 23 heavy (non-hydrogen) atoms. The van der Waals surface area contributed by atoms with Gasteiger partial charge < -0.3 is 9.80 Å². The molecule has 2 aliphatic carbocycles. The molecule has 1 amide bonds. The van der Waals surface area contributed by atoms with E-state index in [1.807, 2.05) is 7.05 Å². The van der Waals surface area contributed by atoms with Gasteiger partial charge in [0.1, 0.15) is 5.82 Å². The number of nitrogens with zero attached hydrogens (tertiary/aromatic N) is 2. The second-order valence-electron chi connectivity index (χ2n) is 7.58. The van der Waals surface area contributed by atoms with Crippen LogP contribution in [-0.2, 0) is 0 Å². The molecule has 3 nitrogen and oxygen atoms in total. The van der Waals surface area contributed by atoms with Crippen molar-refractivity contribution < 1.29 is 9.18 Å². The number of rotatable bonds is 3. The Bertz CT molecular complexity index is 567. The Labute approximate surface area is 138 Å². The van der Waals surface area contributed by atoms with Crippen LogP contribution in [0.15, 0.2) is 18.2 Å². The highest BCUT2D eigenvalue weighted by molar-refractivity contribution is 5.96. The number of carbonyl (C=O) groups is 1. The van der Waals surface area contributed by atoms with E-state index in [1.54, 1.807) is 24.0 Å². The van der Waals surface area contributed by atoms with E-state index in [-0.39, 0.29) is 17.5 Å². The summed E-state index contributed by atoms with van der Waals surface area (Å²) >= 11 is 0. The lowest BCUT2D eigenvalue weighted by atomic mass is 10.0. The smallest absolute Gasteiger partial charge is 0.257 e. The van der Waals surface area contributed by atoms with Crippen LogP contribution in [0.2, 0.25) is 0 Å². The van der Waals surface area contributed by atoms with Gasteiger partial charge >= 0.3 is 0 Å². The van der Waals surface area contributed by atoms with Crippen molar-refractivity contribution in [3.63, 3.8) is 0 Å². The Morgan fingerprint density at radius 2 is 1.61 bits per heavy atom. The minimum absolute atomic E-state index is 0.172. The zero-order valence-electron chi connectivity index (χ0n) is 14.6. The Morgan fingerprint density at radius 3 is 2.13 bits per heavy atom. The molecule has 0 radical (unpaired) electrons. The Morgan fingerprint density at radius 1 is 1.04 bits per heavy atom. The highest BCUT2D eigenvalue weighted by Crippen LogP contribution is 2.46. The molecule has 1 aromatic carbocycles. The van der Waals surface area contributed by atoms with E-state index in [0.29, 0.717) is 23.4 Å². The number of aryl methyl sites for hydroxylation is 1. The predicted octanol–water partition coefficient (Wildman–Crippen LogP) is 3.32. The van der Waals surface area contributed by atoms with Gasteiger partial charge in [-0.3, -0.25) is 4.79 Å². The van der Waals surface area contributed by atoms with Gasteiger partial charge in [-0.15, -0.1) is 0 Å². The second-order valence-corrected chi connectivity index (χ2v) is 7.58. The molecule has 2 unspecified atom stereocenters. The minimum atomic E-state index is -0.410. The normalized spacial score (nSPS) is 29.8. The van der Waals surface area contributed by atoms with E-state index < -0.39 is 5.82 Å². The Balaban J connectivity index is 1.69. The zero-order chi connectivity index (χ0) is 16.7. The van der Waals surface area contributed by atoms with Gasteiger partial charge in [-0.05, 0) is 70.2 Å². The summed E-state index contributed by atoms with van der Waals surface area (Å²) in [5.41, 5.74) is 0.950. The summed E-state index contributed by atoms with van der Waals surface area (Å²) in [5.74, 6) is 0.844. The topological polar surface area (TPSA) is 23.6 Å². The molecule has 2 fully saturated rings. The molecule has 3 rings (SSSR count). The molecule has 4 atom stereocenters. The van der Waals surface area contributed by atoms with E-state index in [0.717, 1.165) is 12.8 Å². The largest absolute Gasteiger partial charge is 0.339 e. The summed E-state index contributed by atoms with van der Waals surface area (Å²) in [6, 6.07) is 5.76. The van der Waals surface area contributed by atoms with Crippen molar-refractivity contribution >= 4 is 5.91 Å².